The quantitative estimate of drug-likeness (QED) is 0.362. The van der Waals surface area contributed by atoms with E-state index in [-0.39, 0.29) is 6.04 Å². The summed E-state index contributed by atoms with van der Waals surface area (Å²) in [6.07, 6.45) is 5.14. The molecule has 68 valence electrons. The molecule has 5 nitrogen and oxygen atoms in total. The molecule has 0 aromatic carbocycles. The van der Waals surface area contributed by atoms with Crippen molar-refractivity contribution in [1.82, 2.24) is 0 Å². The van der Waals surface area contributed by atoms with Crippen LogP contribution in [0.5, 0.6) is 0 Å². The first-order valence-corrected chi connectivity index (χ1v) is 4.69. The van der Waals surface area contributed by atoms with Gasteiger partial charge in [0.2, 0.25) is 0 Å². The van der Waals surface area contributed by atoms with E-state index in [1.54, 1.807) is 0 Å². The molecule has 0 aromatic heterocycles. The average molecular weight is 190 g/mol. The van der Waals surface area contributed by atoms with Gasteiger partial charge >= 0.3 is 0 Å². The van der Waals surface area contributed by atoms with Crippen molar-refractivity contribution < 1.29 is 13.0 Å². The molecule has 1 aliphatic rings. The van der Waals surface area contributed by atoms with Gasteiger partial charge in [0.15, 0.2) is 4.87 Å². The van der Waals surface area contributed by atoms with Gasteiger partial charge in [-0.25, -0.2) is 0 Å². The monoisotopic (exact) mass is 190 g/mol. The molecule has 1 aliphatic carbocycles. The van der Waals surface area contributed by atoms with Gasteiger partial charge in [-0.15, -0.1) is 0 Å². The molecule has 5 N–H and O–H groups in total. The van der Waals surface area contributed by atoms with Gasteiger partial charge in [0.05, 0.1) is 0 Å². The fraction of sp³-hybridized carbons (Fsp3) is 0.333. The third-order valence-electron chi connectivity index (χ3n) is 1.60. The highest BCUT2D eigenvalue weighted by atomic mass is 32.2. The van der Waals surface area contributed by atoms with Crippen LogP contribution in [0.1, 0.15) is 0 Å². The molecule has 0 amide bonds. The molecule has 6 heteroatoms. The zero-order chi connectivity index (χ0) is 9.41. The Morgan fingerprint density at radius 2 is 1.75 bits per heavy atom. The van der Waals surface area contributed by atoms with Crippen LogP contribution in [-0.4, -0.2) is 23.9 Å². The zero-order valence-electron chi connectivity index (χ0n) is 6.21. The van der Waals surface area contributed by atoms with Gasteiger partial charge in [-0.2, -0.15) is 8.42 Å². The lowest BCUT2D eigenvalue weighted by Gasteiger charge is -2.21. The van der Waals surface area contributed by atoms with Crippen LogP contribution >= 0.6 is 0 Å². The highest BCUT2D eigenvalue weighted by molar-refractivity contribution is 7.87. The second-order valence-electron chi connectivity index (χ2n) is 2.62. The van der Waals surface area contributed by atoms with Crippen molar-refractivity contribution >= 4 is 10.1 Å². The molecule has 0 unspecified atom stereocenters. The third-order valence-corrected chi connectivity index (χ3v) is 2.77. The number of rotatable bonds is 1. The molecule has 0 heterocycles. The van der Waals surface area contributed by atoms with E-state index in [2.05, 4.69) is 0 Å². The lowest BCUT2D eigenvalue weighted by Crippen LogP contribution is -2.45. The SMILES string of the molecule is NC1C=CC(N)(S(=O)(=O)O)C=C1. The average Bonchev–Trinajstić information content (AvgIpc) is 1.93. The highest BCUT2D eigenvalue weighted by Gasteiger charge is 2.34. The predicted octanol–water partition coefficient (Wildman–Crippen LogP) is -1.02. The first-order chi connectivity index (χ1) is 5.35. The molecule has 12 heavy (non-hydrogen) atoms. The normalized spacial score (nSPS) is 35.4. The first-order valence-electron chi connectivity index (χ1n) is 3.25. The summed E-state index contributed by atoms with van der Waals surface area (Å²) in [5.74, 6) is 0. The fourth-order valence-corrected chi connectivity index (χ4v) is 1.32. The second kappa shape index (κ2) is 2.67. The van der Waals surface area contributed by atoms with Gasteiger partial charge in [0, 0.05) is 6.04 Å². The Bertz CT molecular complexity index is 317. The summed E-state index contributed by atoms with van der Waals surface area (Å²) in [6, 6.07) is -0.344. The molecule has 0 atom stereocenters. The maximum absolute atomic E-state index is 10.7. The first kappa shape index (κ1) is 9.40. The Labute approximate surface area is 70.5 Å². The van der Waals surface area contributed by atoms with E-state index in [9.17, 15) is 8.42 Å². The number of hydrogen-bond donors (Lipinski definition) is 3. The molecule has 0 spiro atoms. The zero-order valence-corrected chi connectivity index (χ0v) is 7.03. The predicted molar refractivity (Wildman–Crippen MR) is 44.7 cm³/mol. The van der Waals surface area contributed by atoms with Crippen LogP contribution in [0.15, 0.2) is 24.3 Å². The summed E-state index contributed by atoms with van der Waals surface area (Å²) in [5, 5.41) is 0. The van der Waals surface area contributed by atoms with E-state index in [0.29, 0.717) is 0 Å². The van der Waals surface area contributed by atoms with E-state index in [4.69, 9.17) is 16.0 Å². The van der Waals surface area contributed by atoms with Crippen LogP contribution in [0, 0.1) is 0 Å². The minimum absolute atomic E-state index is 0.344. The van der Waals surface area contributed by atoms with Crippen molar-refractivity contribution in [2.75, 3.05) is 0 Å². The van der Waals surface area contributed by atoms with Crippen LogP contribution in [-0.2, 0) is 10.1 Å². The molecule has 0 saturated carbocycles. The molecular weight excluding hydrogens is 180 g/mol. The van der Waals surface area contributed by atoms with Gasteiger partial charge < -0.3 is 11.5 Å². The van der Waals surface area contributed by atoms with Crippen molar-refractivity contribution in [3.63, 3.8) is 0 Å². The van der Waals surface area contributed by atoms with Crippen LogP contribution in [0.4, 0.5) is 0 Å². The van der Waals surface area contributed by atoms with Crippen LogP contribution in [0.2, 0.25) is 0 Å². The lowest BCUT2D eigenvalue weighted by atomic mass is 10.1. The van der Waals surface area contributed by atoms with E-state index in [1.807, 2.05) is 0 Å². The van der Waals surface area contributed by atoms with E-state index in [0.717, 1.165) is 12.2 Å². The summed E-state index contributed by atoms with van der Waals surface area (Å²) in [7, 11) is -4.30. The molecule has 0 saturated heterocycles. The molecule has 0 radical (unpaired) electrons. The summed E-state index contributed by atoms with van der Waals surface area (Å²) >= 11 is 0. The summed E-state index contributed by atoms with van der Waals surface area (Å²) in [4.78, 5) is -1.82. The summed E-state index contributed by atoms with van der Waals surface area (Å²) in [5.41, 5.74) is 10.7. The Morgan fingerprint density at radius 3 is 2.08 bits per heavy atom. The molecule has 1 rings (SSSR count). The van der Waals surface area contributed by atoms with Crippen molar-refractivity contribution in [3.8, 4) is 0 Å². The van der Waals surface area contributed by atoms with Crippen molar-refractivity contribution in [1.29, 1.82) is 0 Å². The molecule has 0 bridgehead atoms. The van der Waals surface area contributed by atoms with E-state index < -0.39 is 15.0 Å². The smallest absolute Gasteiger partial charge is 0.291 e. The fourth-order valence-electron chi connectivity index (χ4n) is 0.815. The molecule has 0 aromatic rings. The van der Waals surface area contributed by atoms with Gasteiger partial charge in [-0.1, -0.05) is 12.2 Å². The van der Waals surface area contributed by atoms with Gasteiger partial charge in [-0.05, 0) is 12.2 Å². The Balaban J connectivity index is 3.06. The third kappa shape index (κ3) is 1.56. The lowest BCUT2D eigenvalue weighted by molar-refractivity contribution is 0.462. The van der Waals surface area contributed by atoms with Crippen LogP contribution < -0.4 is 11.5 Å². The number of hydrogen-bond acceptors (Lipinski definition) is 4. The highest BCUT2D eigenvalue weighted by Crippen LogP contribution is 2.17. The van der Waals surface area contributed by atoms with Gasteiger partial charge in [0.1, 0.15) is 0 Å². The largest absolute Gasteiger partial charge is 0.321 e. The van der Waals surface area contributed by atoms with E-state index >= 15 is 0 Å². The Hall–Kier alpha value is -0.690. The molecule has 0 aliphatic heterocycles. The maximum Gasteiger partial charge on any atom is 0.291 e. The maximum atomic E-state index is 10.7. The van der Waals surface area contributed by atoms with Gasteiger partial charge in [-0.3, -0.25) is 4.55 Å². The Kier molecular flexibility index (Phi) is 2.09. The van der Waals surface area contributed by atoms with Crippen molar-refractivity contribution in [2.24, 2.45) is 11.5 Å². The van der Waals surface area contributed by atoms with Crippen LogP contribution in [0.25, 0.3) is 0 Å². The number of nitrogens with two attached hydrogens (primary N) is 2. The van der Waals surface area contributed by atoms with Crippen molar-refractivity contribution in [3.05, 3.63) is 24.3 Å². The molecule has 0 fully saturated rings. The summed E-state index contributed by atoms with van der Waals surface area (Å²) < 4.78 is 30.1. The summed E-state index contributed by atoms with van der Waals surface area (Å²) in [6.45, 7) is 0. The topological polar surface area (TPSA) is 106 Å². The van der Waals surface area contributed by atoms with E-state index in [1.165, 1.54) is 12.2 Å². The van der Waals surface area contributed by atoms with Crippen molar-refractivity contribution in [2.45, 2.75) is 10.9 Å². The standard InChI is InChI=1S/C6H10N2O3S/c7-5-1-3-6(8,4-2-5)12(9,10)11/h1-5H,7-8H2,(H,9,10,11). The minimum Gasteiger partial charge on any atom is -0.321 e. The van der Waals surface area contributed by atoms with Gasteiger partial charge in [0.25, 0.3) is 10.1 Å². The second-order valence-corrected chi connectivity index (χ2v) is 4.28. The molecular formula is C6H10N2O3S. The van der Waals surface area contributed by atoms with Crippen LogP contribution in [0.3, 0.4) is 0 Å². The Morgan fingerprint density at radius 1 is 1.33 bits per heavy atom. The minimum atomic E-state index is -4.30.